The smallest absolute Gasteiger partial charge is 0.262 e. The van der Waals surface area contributed by atoms with Gasteiger partial charge in [0.15, 0.2) is 11.5 Å². The largest absolute Gasteiger partial charge is 0.493 e. The lowest BCUT2D eigenvalue weighted by atomic mass is 10.2. The van der Waals surface area contributed by atoms with E-state index in [1.54, 1.807) is 31.4 Å². The minimum atomic E-state index is -0.693. The Morgan fingerprint density at radius 1 is 1.30 bits per heavy atom. The number of benzene rings is 1. The summed E-state index contributed by atoms with van der Waals surface area (Å²) in [5, 5.41) is 10.6. The highest BCUT2D eigenvalue weighted by Gasteiger charge is 2.05. The van der Waals surface area contributed by atoms with Crippen LogP contribution in [0.25, 0.3) is 6.08 Å². The van der Waals surface area contributed by atoms with Crippen molar-refractivity contribution < 1.29 is 24.3 Å². The maximum Gasteiger partial charge on any atom is 0.262 e. The fourth-order valence-electron chi connectivity index (χ4n) is 1.67. The van der Waals surface area contributed by atoms with Gasteiger partial charge in [0.25, 0.3) is 5.91 Å². The second kappa shape index (κ2) is 10.2. The third kappa shape index (κ3) is 6.84. The maximum atomic E-state index is 11.5. The summed E-state index contributed by atoms with van der Waals surface area (Å²) in [6.07, 6.45) is 4.89. The van der Waals surface area contributed by atoms with Crippen LogP contribution in [0.5, 0.6) is 11.5 Å². The first-order valence-electron chi connectivity index (χ1n) is 7.30. The molecule has 1 aromatic carbocycles. The van der Waals surface area contributed by atoms with Gasteiger partial charge in [-0.1, -0.05) is 19.4 Å². The zero-order valence-electron chi connectivity index (χ0n) is 13.3. The molecule has 0 aliphatic carbocycles. The lowest BCUT2D eigenvalue weighted by Crippen LogP contribution is -2.34. The van der Waals surface area contributed by atoms with E-state index >= 15 is 0 Å². The monoisotopic (exact) mass is 322 g/mol. The van der Waals surface area contributed by atoms with Crippen LogP contribution in [0.1, 0.15) is 25.3 Å². The molecule has 126 valence electrons. The molecule has 0 unspecified atom stereocenters. The van der Waals surface area contributed by atoms with E-state index in [0.29, 0.717) is 18.1 Å². The Morgan fingerprint density at radius 2 is 2.09 bits per heavy atom. The minimum absolute atomic E-state index is 0.298. The molecule has 0 atom stereocenters. The topological polar surface area (TPSA) is 96.9 Å². The first kappa shape index (κ1) is 18.5. The molecular formula is C16H22N2O5. The highest BCUT2D eigenvalue weighted by Crippen LogP contribution is 2.28. The number of hydrogen-bond acceptors (Lipinski definition) is 5. The summed E-state index contributed by atoms with van der Waals surface area (Å²) in [6, 6.07) is 5.34. The lowest BCUT2D eigenvalue weighted by Gasteiger charge is -2.10. The van der Waals surface area contributed by atoms with Gasteiger partial charge in [0.05, 0.1) is 20.3 Å². The number of methoxy groups -OCH3 is 1. The average molecular weight is 322 g/mol. The average Bonchev–Trinajstić information content (AvgIpc) is 2.58. The Balaban J connectivity index is 2.64. The van der Waals surface area contributed by atoms with Crippen LogP contribution >= 0.6 is 0 Å². The Morgan fingerprint density at radius 3 is 2.74 bits per heavy atom. The van der Waals surface area contributed by atoms with Gasteiger partial charge in [-0.15, -0.1) is 0 Å². The standard InChI is InChI=1S/C16H22N2O5/c1-3-4-9-23-13-7-5-12(10-14(13)22-2)6-8-15(19)17-11-16(20)18-21/h5-8,10,21H,3-4,9,11H2,1-2H3,(H,17,19)(H,18,20)/b8-6+. The van der Waals surface area contributed by atoms with E-state index < -0.39 is 11.8 Å². The molecule has 0 bridgehead atoms. The van der Waals surface area contributed by atoms with Crippen molar-refractivity contribution in [3.8, 4) is 11.5 Å². The fourth-order valence-corrected chi connectivity index (χ4v) is 1.67. The Kier molecular flexibility index (Phi) is 8.23. The SMILES string of the molecule is CCCCOc1ccc(/C=C/C(=O)NCC(=O)NO)cc1OC. The molecule has 2 amide bonds. The van der Waals surface area contributed by atoms with Gasteiger partial charge in [-0.3, -0.25) is 14.8 Å². The van der Waals surface area contributed by atoms with Gasteiger partial charge in [0.2, 0.25) is 5.91 Å². The molecule has 0 aliphatic rings. The van der Waals surface area contributed by atoms with E-state index in [2.05, 4.69) is 12.2 Å². The number of amides is 2. The van der Waals surface area contributed by atoms with Crippen LogP contribution in [-0.2, 0) is 9.59 Å². The quantitative estimate of drug-likeness (QED) is 0.277. The predicted molar refractivity (Wildman–Crippen MR) is 85.4 cm³/mol. The Labute approximate surface area is 135 Å². The number of nitrogens with one attached hydrogen (secondary N) is 2. The molecule has 0 saturated heterocycles. The van der Waals surface area contributed by atoms with E-state index in [9.17, 15) is 9.59 Å². The molecule has 1 aromatic rings. The minimum Gasteiger partial charge on any atom is -0.493 e. The Bertz CT molecular complexity index is 557. The van der Waals surface area contributed by atoms with Crippen molar-refractivity contribution in [3.05, 3.63) is 29.8 Å². The lowest BCUT2D eigenvalue weighted by molar-refractivity contribution is -0.130. The van der Waals surface area contributed by atoms with Crippen LogP contribution in [0, 0.1) is 0 Å². The van der Waals surface area contributed by atoms with Crippen molar-refractivity contribution in [2.45, 2.75) is 19.8 Å². The van der Waals surface area contributed by atoms with E-state index in [4.69, 9.17) is 14.7 Å². The second-order valence-electron chi connectivity index (χ2n) is 4.70. The predicted octanol–water partition coefficient (Wildman–Crippen LogP) is 1.51. The van der Waals surface area contributed by atoms with Gasteiger partial charge in [0, 0.05) is 6.08 Å². The van der Waals surface area contributed by atoms with Crippen molar-refractivity contribution in [1.82, 2.24) is 10.8 Å². The molecule has 7 nitrogen and oxygen atoms in total. The summed E-state index contributed by atoms with van der Waals surface area (Å²) in [5.41, 5.74) is 2.18. The first-order chi connectivity index (χ1) is 11.1. The van der Waals surface area contributed by atoms with Gasteiger partial charge < -0.3 is 14.8 Å². The fraction of sp³-hybridized carbons (Fsp3) is 0.375. The summed E-state index contributed by atoms with van der Waals surface area (Å²) in [6.45, 7) is 2.41. The van der Waals surface area contributed by atoms with Crippen LogP contribution in [0.4, 0.5) is 0 Å². The number of ether oxygens (including phenoxy) is 2. The summed E-state index contributed by atoms with van der Waals surface area (Å²) in [5.74, 6) is 0.100. The third-order valence-corrected chi connectivity index (χ3v) is 2.92. The number of hydroxylamine groups is 1. The van der Waals surface area contributed by atoms with E-state index in [1.165, 1.54) is 11.6 Å². The van der Waals surface area contributed by atoms with Gasteiger partial charge >= 0.3 is 0 Å². The maximum absolute atomic E-state index is 11.5. The normalized spacial score (nSPS) is 10.4. The van der Waals surface area contributed by atoms with Gasteiger partial charge in [0.1, 0.15) is 0 Å². The molecule has 0 saturated carbocycles. The number of unbranched alkanes of at least 4 members (excludes halogenated alkanes) is 1. The van der Waals surface area contributed by atoms with E-state index in [-0.39, 0.29) is 6.54 Å². The van der Waals surface area contributed by atoms with Gasteiger partial charge in [-0.2, -0.15) is 0 Å². The van der Waals surface area contributed by atoms with E-state index in [0.717, 1.165) is 18.4 Å². The number of carbonyl (C=O) groups excluding carboxylic acids is 2. The Hall–Kier alpha value is -2.54. The third-order valence-electron chi connectivity index (χ3n) is 2.92. The van der Waals surface area contributed by atoms with Crippen LogP contribution < -0.4 is 20.3 Å². The van der Waals surface area contributed by atoms with Gasteiger partial charge in [-0.05, 0) is 30.2 Å². The molecule has 0 radical (unpaired) electrons. The van der Waals surface area contributed by atoms with Crippen LogP contribution in [0.15, 0.2) is 24.3 Å². The van der Waals surface area contributed by atoms with Crippen molar-refractivity contribution >= 4 is 17.9 Å². The van der Waals surface area contributed by atoms with Crippen LogP contribution in [0.2, 0.25) is 0 Å². The molecule has 0 heterocycles. The molecular weight excluding hydrogens is 300 g/mol. The van der Waals surface area contributed by atoms with Crippen LogP contribution in [0.3, 0.4) is 0 Å². The van der Waals surface area contributed by atoms with E-state index in [1.807, 2.05) is 0 Å². The molecule has 3 N–H and O–H groups in total. The summed E-state index contributed by atoms with van der Waals surface area (Å²) in [7, 11) is 1.55. The number of rotatable bonds is 9. The summed E-state index contributed by atoms with van der Waals surface area (Å²) >= 11 is 0. The molecule has 0 spiro atoms. The first-order valence-corrected chi connectivity index (χ1v) is 7.30. The summed E-state index contributed by atoms with van der Waals surface area (Å²) < 4.78 is 10.9. The van der Waals surface area contributed by atoms with Crippen molar-refractivity contribution in [2.24, 2.45) is 0 Å². The molecule has 7 heteroatoms. The highest BCUT2D eigenvalue weighted by atomic mass is 16.5. The zero-order valence-corrected chi connectivity index (χ0v) is 13.3. The molecule has 23 heavy (non-hydrogen) atoms. The van der Waals surface area contributed by atoms with Crippen molar-refractivity contribution in [1.29, 1.82) is 0 Å². The molecule has 0 fully saturated rings. The number of carbonyl (C=O) groups is 2. The van der Waals surface area contributed by atoms with Crippen molar-refractivity contribution in [2.75, 3.05) is 20.3 Å². The zero-order chi connectivity index (χ0) is 17.1. The second-order valence-corrected chi connectivity index (χ2v) is 4.70. The highest BCUT2D eigenvalue weighted by molar-refractivity contribution is 5.94. The molecule has 0 aromatic heterocycles. The number of hydrogen-bond donors (Lipinski definition) is 3. The van der Waals surface area contributed by atoms with Gasteiger partial charge in [-0.25, -0.2) is 5.48 Å². The van der Waals surface area contributed by atoms with Crippen LogP contribution in [-0.4, -0.2) is 37.3 Å². The molecule has 1 rings (SSSR count). The van der Waals surface area contributed by atoms with Crippen molar-refractivity contribution in [3.63, 3.8) is 0 Å². The summed E-state index contributed by atoms with van der Waals surface area (Å²) in [4.78, 5) is 22.3. The molecule has 0 aliphatic heterocycles.